The molecular formula is C12H15F3N2. The Bertz CT molecular complexity index is 412. The van der Waals surface area contributed by atoms with E-state index in [-0.39, 0.29) is 5.69 Å². The maximum Gasteiger partial charge on any atom is 0.418 e. The molecule has 2 nitrogen and oxygen atoms in total. The van der Waals surface area contributed by atoms with Gasteiger partial charge in [0.1, 0.15) is 0 Å². The fourth-order valence-corrected chi connectivity index (χ4v) is 2.18. The van der Waals surface area contributed by atoms with E-state index in [0.29, 0.717) is 19.5 Å². The molecule has 0 spiro atoms. The number of hydrogen-bond acceptors (Lipinski definition) is 2. The lowest BCUT2D eigenvalue weighted by molar-refractivity contribution is -0.137. The summed E-state index contributed by atoms with van der Waals surface area (Å²) in [6.07, 6.45) is -3.61. The SMILES string of the molecule is CC1(N)CCN(c2ccccc2C(F)(F)F)C1. The molecule has 0 aromatic heterocycles. The van der Waals surface area contributed by atoms with Gasteiger partial charge >= 0.3 is 6.18 Å². The Morgan fingerprint density at radius 2 is 1.94 bits per heavy atom. The van der Waals surface area contributed by atoms with Crippen molar-refractivity contribution in [3.63, 3.8) is 0 Å². The molecule has 0 bridgehead atoms. The number of nitrogens with zero attached hydrogens (tertiary/aromatic N) is 1. The van der Waals surface area contributed by atoms with E-state index in [2.05, 4.69) is 0 Å². The minimum absolute atomic E-state index is 0.231. The molecule has 0 saturated carbocycles. The highest BCUT2D eigenvalue weighted by Crippen LogP contribution is 2.38. The first-order chi connectivity index (χ1) is 7.80. The maximum absolute atomic E-state index is 12.8. The van der Waals surface area contributed by atoms with Gasteiger partial charge in [-0.15, -0.1) is 0 Å². The molecule has 1 saturated heterocycles. The molecule has 2 rings (SSSR count). The monoisotopic (exact) mass is 244 g/mol. The minimum Gasteiger partial charge on any atom is -0.369 e. The summed E-state index contributed by atoms with van der Waals surface area (Å²) in [5.41, 5.74) is 5.18. The number of halogens is 3. The molecule has 1 aromatic carbocycles. The van der Waals surface area contributed by atoms with Gasteiger partial charge in [0, 0.05) is 24.3 Å². The van der Waals surface area contributed by atoms with Crippen LogP contribution in [0, 0.1) is 0 Å². The molecule has 17 heavy (non-hydrogen) atoms. The molecule has 1 fully saturated rings. The van der Waals surface area contributed by atoms with Gasteiger partial charge in [0.15, 0.2) is 0 Å². The summed E-state index contributed by atoms with van der Waals surface area (Å²) in [6.45, 7) is 2.89. The lowest BCUT2D eigenvalue weighted by Crippen LogP contribution is -2.39. The van der Waals surface area contributed by atoms with E-state index in [0.717, 1.165) is 6.07 Å². The van der Waals surface area contributed by atoms with Crippen molar-refractivity contribution in [2.24, 2.45) is 5.73 Å². The second-order valence-corrected chi connectivity index (χ2v) is 4.84. The molecule has 2 N–H and O–H groups in total. The summed E-state index contributed by atoms with van der Waals surface area (Å²) in [4.78, 5) is 1.71. The zero-order valence-corrected chi connectivity index (χ0v) is 9.59. The Kier molecular flexibility index (Phi) is 2.81. The Balaban J connectivity index is 2.34. The molecule has 5 heteroatoms. The number of para-hydroxylation sites is 1. The summed E-state index contributed by atoms with van der Waals surface area (Å²) in [7, 11) is 0. The lowest BCUT2D eigenvalue weighted by Gasteiger charge is -2.24. The van der Waals surface area contributed by atoms with Crippen LogP contribution in [0.2, 0.25) is 0 Å². The third kappa shape index (κ3) is 2.54. The molecule has 0 aliphatic carbocycles. The summed E-state index contributed by atoms with van der Waals surface area (Å²) in [5, 5.41) is 0. The van der Waals surface area contributed by atoms with Crippen molar-refractivity contribution in [3.05, 3.63) is 29.8 Å². The van der Waals surface area contributed by atoms with Gasteiger partial charge in [0.2, 0.25) is 0 Å². The molecule has 1 aromatic rings. The highest BCUT2D eigenvalue weighted by Gasteiger charge is 2.37. The van der Waals surface area contributed by atoms with Crippen molar-refractivity contribution in [3.8, 4) is 0 Å². The van der Waals surface area contributed by atoms with E-state index in [1.54, 1.807) is 11.0 Å². The number of anilines is 1. The van der Waals surface area contributed by atoms with Gasteiger partial charge in [-0.3, -0.25) is 0 Å². The van der Waals surface area contributed by atoms with E-state index >= 15 is 0 Å². The lowest BCUT2D eigenvalue weighted by atomic mass is 10.0. The normalized spacial score (nSPS) is 25.4. The van der Waals surface area contributed by atoms with Crippen LogP contribution in [0.4, 0.5) is 18.9 Å². The summed E-state index contributed by atoms with van der Waals surface area (Å²) < 4.78 is 38.5. The van der Waals surface area contributed by atoms with Crippen LogP contribution in [0.3, 0.4) is 0 Å². The first-order valence-electron chi connectivity index (χ1n) is 5.50. The Morgan fingerprint density at radius 3 is 2.47 bits per heavy atom. The molecule has 0 radical (unpaired) electrons. The zero-order chi connectivity index (χ0) is 12.7. The highest BCUT2D eigenvalue weighted by atomic mass is 19.4. The summed E-state index contributed by atoms with van der Waals surface area (Å²) in [6, 6.07) is 5.65. The maximum atomic E-state index is 12.8. The molecule has 0 amide bonds. The molecule has 1 atom stereocenters. The number of rotatable bonds is 1. The van der Waals surface area contributed by atoms with Gasteiger partial charge < -0.3 is 10.6 Å². The van der Waals surface area contributed by atoms with Crippen molar-refractivity contribution < 1.29 is 13.2 Å². The van der Waals surface area contributed by atoms with E-state index < -0.39 is 17.3 Å². The van der Waals surface area contributed by atoms with Gasteiger partial charge in [0.25, 0.3) is 0 Å². The number of alkyl halides is 3. The van der Waals surface area contributed by atoms with Crippen LogP contribution in [-0.4, -0.2) is 18.6 Å². The zero-order valence-electron chi connectivity index (χ0n) is 9.59. The fraction of sp³-hybridized carbons (Fsp3) is 0.500. The van der Waals surface area contributed by atoms with Gasteiger partial charge in [-0.1, -0.05) is 12.1 Å². The van der Waals surface area contributed by atoms with E-state index in [1.807, 2.05) is 6.92 Å². The van der Waals surface area contributed by atoms with Crippen molar-refractivity contribution in [1.29, 1.82) is 0 Å². The van der Waals surface area contributed by atoms with Gasteiger partial charge in [-0.25, -0.2) is 0 Å². The van der Waals surface area contributed by atoms with Crippen molar-refractivity contribution in [2.45, 2.75) is 25.1 Å². The highest BCUT2D eigenvalue weighted by molar-refractivity contribution is 5.56. The average molecular weight is 244 g/mol. The standard InChI is InChI=1S/C12H15F3N2/c1-11(16)6-7-17(8-11)10-5-3-2-4-9(10)12(13,14)15/h2-5H,6-8,16H2,1H3. The second-order valence-electron chi connectivity index (χ2n) is 4.84. The molecule has 1 aliphatic rings. The van der Waals surface area contributed by atoms with E-state index in [9.17, 15) is 13.2 Å². The third-order valence-corrected chi connectivity index (χ3v) is 3.06. The molecular weight excluding hydrogens is 229 g/mol. The van der Waals surface area contributed by atoms with E-state index in [1.165, 1.54) is 12.1 Å². The topological polar surface area (TPSA) is 29.3 Å². The average Bonchev–Trinajstić information content (AvgIpc) is 2.58. The van der Waals surface area contributed by atoms with Crippen molar-refractivity contribution in [2.75, 3.05) is 18.0 Å². The van der Waals surface area contributed by atoms with Crippen LogP contribution in [0.25, 0.3) is 0 Å². The van der Waals surface area contributed by atoms with Crippen LogP contribution in [0.1, 0.15) is 18.9 Å². The van der Waals surface area contributed by atoms with Crippen LogP contribution in [0.15, 0.2) is 24.3 Å². The molecule has 1 aliphatic heterocycles. The summed E-state index contributed by atoms with van der Waals surface area (Å²) >= 11 is 0. The summed E-state index contributed by atoms with van der Waals surface area (Å²) in [5.74, 6) is 0. The van der Waals surface area contributed by atoms with Gasteiger partial charge in [0.05, 0.1) is 5.56 Å². The molecule has 1 heterocycles. The van der Waals surface area contributed by atoms with Crippen LogP contribution >= 0.6 is 0 Å². The Hall–Kier alpha value is -1.23. The largest absolute Gasteiger partial charge is 0.418 e. The van der Waals surface area contributed by atoms with Crippen LogP contribution < -0.4 is 10.6 Å². The first-order valence-corrected chi connectivity index (χ1v) is 5.50. The number of nitrogens with two attached hydrogens (primary N) is 1. The Morgan fingerprint density at radius 1 is 1.29 bits per heavy atom. The van der Waals surface area contributed by atoms with Crippen molar-refractivity contribution in [1.82, 2.24) is 0 Å². The number of benzene rings is 1. The smallest absolute Gasteiger partial charge is 0.369 e. The number of hydrogen-bond donors (Lipinski definition) is 1. The van der Waals surface area contributed by atoms with Crippen LogP contribution in [0.5, 0.6) is 0 Å². The predicted molar refractivity (Wildman–Crippen MR) is 60.9 cm³/mol. The minimum atomic E-state index is -4.32. The molecule has 1 unspecified atom stereocenters. The van der Waals surface area contributed by atoms with Gasteiger partial charge in [-0.05, 0) is 25.5 Å². The Labute approximate surface area is 98.2 Å². The fourth-order valence-electron chi connectivity index (χ4n) is 2.18. The van der Waals surface area contributed by atoms with Crippen LogP contribution in [-0.2, 0) is 6.18 Å². The van der Waals surface area contributed by atoms with E-state index in [4.69, 9.17) is 5.73 Å². The first kappa shape index (κ1) is 12.2. The third-order valence-electron chi connectivity index (χ3n) is 3.06. The predicted octanol–water partition coefficient (Wildman–Crippen LogP) is 2.63. The molecule has 94 valence electrons. The van der Waals surface area contributed by atoms with Crippen molar-refractivity contribution >= 4 is 5.69 Å². The quantitative estimate of drug-likeness (QED) is 0.822. The second kappa shape index (κ2) is 3.91. The van der Waals surface area contributed by atoms with Gasteiger partial charge in [-0.2, -0.15) is 13.2 Å².